The molecule has 0 saturated carbocycles. The number of fused-ring (bicyclic) bond motifs is 2. The number of anilines is 1. The van der Waals surface area contributed by atoms with Gasteiger partial charge >= 0.3 is 5.69 Å². The second-order valence-corrected chi connectivity index (χ2v) is 9.81. The van der Waals surface area contributed by atoms with E-state index in [1.807, 2.05) is 48.5 Å². The van der Waals surface area contributed by atoms with Crippen LogP contribution in [0.3, 0.4) is 0 Å². The number of para-hydroxylation sites is 2. The van der Waals surface area contributed by atoms with Crippen molar-refractivity contribution in [2.75, 3.05) is 5.32 Å². The van der Waals surface area contributed by atoms with Crippen LogP contribution < -0.4 is 21.6 Å². The van der Waals surface area contributed by atoms with Gasteiger partial charge < -0.3 is 10.6 Å². The van der Waals surface area contributed by atoms with Crippen LogP contribution in [-0.2, 0) is 29.0 Å². The number of hydrogen-bond donors (Lipinski definition) is 3. The minimum atomic E-state index is -0.620. The number of amides is 2. The van der Waals surface area contributed by atoms with E-state index in [1.165, 1.54) is 9.13 Å². The molecule has 0 radical (unpaired) electrons. The fourth-order valence-electron chi connectivity index (χ4n) is 5.59. The standard InChI is InChI=1S/C28H28N6O3/c1-2-7-23-31-26(36)28(32-23)15-18-11-12-20(14-19(18)16-28)30-25(35)17-33-21-8-3-4-9-22(21)34(27(33)37)24-10-5-6-13-29-24/h3-6,8-14,23,32H,2,7,15-17H2,1H3,(H,30,35)(H,31,36). The molecule has 37 heavy (non-hydrogen) atoms. The molecule has 2 aromatic heterocycles. The van der Waals surface area contributed by atoms with Gasteiger partial charge in [-0.1, -0.05) is 37.6 Å². The molecular formula is C28H28N6O3. The number of rotatable bonds is 6. The molecule has 1 saturated heterocycles. The summed E-state index contributed by atoms with van der Waals surface area (Å²) in [6.07, 6.45) is 4.72. The molecule has 1 spiro atoms. The Hall–Kier alpha value is -4.24. The Morgan fingerprint density at radius 3 is 2.62 bits per heavy atom. The van der Waals surface area contributed by atoms with Crippen LogP contribution in [0.4, 0.5) is 5.69 Å². The summed E-state index contributed by atoms with van der Waals surface area (Å²) in [5, 5.41) is 9.51. The van der Waals surface area contributed by atoms with Gasteiger partial charge in [0.15, 0.2) is 0 Å². The monoisotopic (exact) mass is 496 g/mol. The quantitative estimate of drug-likeness (QED) is 0.380. The van der Waals surface area contributed by atoms with E-state index in [0.717, 1.165) is 24.0 Å². The molecule has 1 aliphatic carbocycles. The van der Waals surface area contributed by atoms with E-state index in [1.54, 1.807) is 18.3 Å². The maximum absolute atomic E-state index is 13.3. The molecule has 3 N–H and O–H groups in total. The molecule has 9 nitrogen and oxygen atoms in total. The first kappa shape index (κ1) is 23.2. The van der Waals surface area contributed by atoms with Crippen molar-refractivity contribution < 1.29 is 9.59 Å². The molecule has 9 heteroatoms. The largest absolute Gasteiger partial charge is 0.339 e. The van der Waals surface area contributed by atoms with Crippen LogP contribution in [-0.4, -0.2) is 37.6 Å². The first-order valence-corrected chi connectivity index (χ1v) is 12.6. The van der Waals surface area contributed by atoms with E-state index in [0.29, 0.717) is 35.4 Å². The predicted octanol–water partition coefficient (Wildman–Crippen LogP) is 2.51. The fourth-order valence-corrected chi connectivity index (χ4v) is 5.59. The lowest BCUT2D eigenvalue weighted by Gasteiger charge is -2.20. The van der Waals surface area contributed by atoms with Gasteiger partial charge in [-0.05, 0) is 53.9 Å². The lowest BCUT2D eigenvalue weighted by atomic mass is 9.96. The van der Waals surface area contributed by atoms with Gasteiger partial charge in [0.05, 0.1) is 17.2 Å². The zero-order chi connectivity index (χ0) is 25.6. The summed E-state index contributed by atoms with van der Waals surface area (Å²) in [5.41, 5.74) is 3.19. The van der Waals surface area contributed by atoms with Crippen LogP contribution in [0, 0.1) is 0 Å². The highest BCUT2D eigenvalue weighted by Crippen LogP contribution is 2.35. The normalized spacial score (nSPS) is 20.4. The Morgan fingerprint density at radius 2 is 1.84 bits per heavy atom. The number of pyridine rings is 1. The van der Waals surface area contributed by atoms with Crippen LogP contribution in [0.25, 0.3) is 16.9 Å². The maximum atomic E-state index is 13.3. The number of carbonyl (C=O) groups excluding carboxylic acids is 2. The Labute approximate surface area is 213 Å². The second kappa shape index (κ2) is 9.01. The minimum absolute atomic E-state index is 0.00230. The Morgan fingerprint density at radius 1 is 1.05 bits per heavy atom. The molecule has 1 fully saturated rings. The zero-order valence-electron chi connectivity index (χ0n) is 20.5. The third-order valence-corrected chi connectivity index (χ3v) is 7.26. The molecule has 2 aromatic carbocycles. The number of carbonyl (C=O) groups is 2. The third-order valence-electron chi connectivity index (χ3n) is 7.26. The maximum Gasteiger partial charge on any atom is 0.335 e. The van der Waals surface area contributed by atoms with Gasteiger partial charge in [0.25, 0.3) is 0 Å². The van der Waals surface area contributed by atoms with Gasteiger partial charge in [0, 0.05) is 24.7 Å². The highest BCUT2D eigenvalue weighted by molar-refractivity contribution is 5.93. The Balaban J connectivity index is 1.22. The van der Waals surface area contributed by atoms with Crippen molar-refractivity contribution in [3.63, 3.8) is 0 Å². The van der Waals surface area contributed by atoms with Crippen LogP contribution in [0.15, 0.2) is 71.7 Å². The average molecular weight is 497 g/mol. The SMILES string of the molecule is CCCC1NC(=O)C2(Cc3ccc(NC(=O)Cn4c(=O)n(-c5ccccn5)c5ccccc54)cc3C2)N1. The summed E-state index contributed by atoms with van der Waals surface area (Å²) in [6.45, 7) is 1.96. The number of imidazole rings is 1. The fraction of sp³-hybridized carbons (Fsp3) is 0.286. The van der Waals surface area contributed by atoms with Crippen molar-refractivity contribution >= 4 is 28.5 Å². The van der Waals surface area contributed by atoms with Gasteiger partial charge in [-0.25, -0.2) is 14.3 Å². The summed E-state index contributed by atoms with van der Waals surface area (Å²) in [5.74, 6) is 0.232. The Kier molecular flexibility index (Phi) is 5.64. The van der Waals surface area contributed by atoms with Gasteiger partial charge in [0.2, 0.25) is 11.8 Å². The predicted molar refractivity (Wildman–Crippen MR) is 141 cm³/mol. The highest BCUT2D eigenvalue weighted by atomic mass is 16.2. The topological polar surface area (TPSA) is 110 Å². The average Bonchev–Trinajstić information content (AvgIpc) is 3.50. The number of benzene rings is 2. The van der Waals surface area contributed by atoms with Crippen molar-refractivity contribution in [2.24, 2.45) is 0 Å². The first-order valence-electron chi connectivity index (χ1n) is 12.6. The molecule has 1 aliphatic heterocycles. The third kappa shape index (κ3) is 4.01. The van der Waals surface area contributed by atoms with E-state index < -0.39 is 5.54 Å². The molecule has 2 aliphatic rings. The molecule has 0 bridgehead atoms. The van der Waals surface area contributed by atoms with Crippen LogP contribution in [0.2, 0.25) is 0 Å². The second-order valence-electron chi connectivity index (χ2n) is 9.81. The van der Waals surface area contributed by atoms with Gasteiger partial charge in [0.1, 0.15) is 17.9 Å². The van der Waals surface area contributed by atoms with Crippen LogP contribution in [0.1, 0.15) is 30.9 Å². The highest BCUT2D eigenvalue weighted by Gasteiger charge is 2.49. The zero-order valence-corrected chi connectivity index (χ0v) is 20.5. The first-order chi connectivity index (χ1) is 18.0. The van der Waals surface area contributed by atoms with Gasteiger partial charge in [-0.3, -0.25) is 19.5 Å². The molecule has 6 rings (SSSR count). The van der Waals surface area contributed by atoms with Gasteiger partial charge in [-0.15, -0.1) is 0 Å². The number of hydrogen-bond acceptors (Lipinski definition) is 5. The van der Waals surface area contributed by atoms with E-state index in [2.05, 4.69) is 27.9 Å². The minimum Gasteiger partial charge on any atom is -0.339 e. The van der Waals surface area contributed by atoms with Crippen molar-refractivity contribution in [1.82, 2.24) is 24.8 Å². The number of nitrogens with zero attached hydrogens (tertiary/aromatic N) is 3. The summed E-state index contributed by atoms with van der Waals surface area (Å²) in [7, 11) is 0. The summed E-state index contributed by atoms with van der Waals surface area (Å²) in [4.78, 5) is 43.5. The lowest BCUT2D eigenvalue weighted by molar-refractivity contribution is -0.124. The van der Waals surface area contributed by atoms with E-state index >= 15 is 0 Å². The van der Waals surface area contributed by atoms with Crippen molar-refractivity contribution in [2.45, 2.75) is 50.9 Å². The Bertz CT molecular complexity index is 1570. The summed E-state index contributed by atoms with van der Waals surface area (Å²) >= 11 is 0. The van der Waals surface area contributed by atoms with Gasteiger partial charge in [-0.2, -0.15) is 0 Å². The van der Waals surface area contributed by atoms with Crippen molar-refractivity contribution in [3.8, 4) is 5.82 Å². The van der Waals surface area contributed by atoms with E-state index in [-0.39, 0.29) is 30.2 Å². The molecule has 2 amide bonds. The van der Waals surface area contributed by atoms with Crippen LogP contribution >= 0.6 is 0 Å². The molecule has 4 aromatic rings. The lowest BCUT2D eigenvalue weighted by Crippen LogP contribution is -2.48. The van der Waals surface area contributed by atoms with Crippen molar-refractivity contribution in [1.29, 1.82) is 0 Å². The molecule has 2 atom stereocenters. The summed E-state index contributed by atoms with van der Waals surface area (Å²) < 4.78 is 2.98. The van der Waals surface area contributed by atoms with E-state index in [4.69, 9.17) is 0 Å². The molecule has 3 heterocycles. The van der Waals surface area contributed by atoms with Crippen molar-refractivity contribution in [3.05, 3.63) is 88.5 Å². The summed E-state index contributed by atoms with van der Waals surface area (Å²) in [6, 6.07) is 18.5. The molecule has 188 valence electrons. The molecule has 2 unspecified atom stereocenters. The molecular weight excluding hydrogens is 468 g/mol. The number of nitrogens with one attached hydrogen (secondary N) is 3. The van der Waals surface area contributed by atoms with Crippen LogP contribution in [0.5, 0.6) is 0 Å². The smallest absolute Gasteiger partial charge is 0.335 e. The van der Waals surface area contributed by atoms with E-state index in [9.17, 15) is 14.4 Å². The number of aromatic nitrogens is 3.